The molecule has 0 N–H and O–H groups in total. The maximum absolute atomic E-state index is 11.9. The average Bonchev–Trinajstić information content (AvgIpc) is 2.83. The van der Waals surface area contributed by atoms with Crippen molar-refractivity contribution in [2.75, 3.05) is 0 Å². The van der Waals surface area contributed by atoms with Crippen LogP contribution in [0.25, 0.3) is 11.0 Å². The number of hydrogen-bond acceptors (Lipinski definition) is 3. The largest absolute Gasteiger partial charge is 0.337 e. The molecule has 1 heterocycles. The van der Waals surface area contributed by atoms with Crippen molar-refractivity contribution in [1.82, 2.24) is 9.71 Å². The van der Waals surface area contributed by atoms with Crippen LogP contribution in [0.5, 0.6) is 0 Å². The van der Waals surface area contributed by atoms with Crippen LogP contribution < -0.4 is 4.84 Å². The molecule has 1 aromatic heterocycles. The van der Waals surface area contributed by atoms with Gasteiger partial charge in [-0.2, -0.15) is 4.73 Å². The first-order valence-corrected chi connectivity index (χ1v) is 6.00. The van der Waals surface area contributed by atoms with Crippen molar-refractivity contribution in [3.8, 4) is 0 Å². The zero-order valence-corrected chi connectivity index (χ0v) is 10.2. The van der Waals surface area contributed by atoms with Crippen molar-refractivity contribution in [3.05, 3.63) is 66.5 Å². The maximum atomic E-state index is 11.9. The van der Waals surface area contributed by atoms with E-state index in [0.29, 0.717) is 0 Å². The molecule has 0 saturated heterocycles. The third kappa shape index (κ3) is 2.47. The fraction of sp³-hybridized carbons (Fsp3) is 0.0667. The van der Waals surface area contributed by atoms with E-state index < -0.39 is 0 Å². The van der Waals surface area contributed by atoms with E-state index in [0.717, 1.165) is 16.6 Å². The van der Waals surface area contributed by atoms with Gasteiger partial charge in [-0.1, -0.05) is 42.5 Å². The summed E-state index contributed by atoms with van der Waals surface area (Å²) < 4.78 is 1.40. The summed E-state index contributed by atoms with van der Waals surface area (Å²) in [5, 5.41) is 0. The molecule has 0 bridgehead atoms. The molecule has 4 heteroatoms. The quantitative estimate of drug-likeness (QED) is 0.718. The van der Waals surface area contributed by atoms with E-state index in [2.05, 4.69) is 4.98 Å². The predicted molar refractivity (Wildman–Crippen MR) is 71.5 cm³/mol. The van der Waals surface area contributed by atoms with E-state index in [1.807, 2.05) is 54.6 Å². The third-order valence-corrected chi connectivity index (χ3v) is 2.81. The van der Waals surface area contributed by atoms with Crippen LogP contribution in [0, 0.1) is 0 Å². The Labute approximate surface area is 110 Å². The van der Waals surface area contributed by atoms with Gasteiger partial charge in [0.1, 0.15) is 11.8 Å². The van der Waals surface area contributed by atoms with E-state index in [-0.39, 0.29) is 12.4 Å². The zero-order valence-electron chi connectivity index (χ0n) is 10.2. The normalized spacial score (nSPS) is 10.5. The van der Waals surface area contributed by atoms with Gasteiger partial charge >= 0.3 is 5.97 Å². The second kappa shape index (κ2) is 4.94. The monoisotopic (exact) mass is 252 g/mol. The van der Waals surface area contributed by atoms with Crippen LogP contribution in [0.2, 0.25) is 0 Å². The van der Waals surface area contributed by atoms with Crippen LogP contribution in [-0.4, -0.2) is 15.7 Å². The summed E-state index contributed by atoms with van der Waals surface area (Å²) >= 11 is 0. The molecule has 2 aromatic carbocycles. The molecule has 19 heavy (non-hydrogen) atoms. The lowest BCUT2D eigenvalue weighted by molar-refractivity contribution is -0.142. The van der Waals surface area contributed by atoms with Gasteiger partial charge in [-0.15, -0.1) is 0 Å². The van der Waals surface area contributed by atoms with Gasteiger partial charge in [-0.3, -0.25) is 0 Å². The zero-order chi connectivity index (χ0) is 13.1. The molecule has 0 spiro atoms. The van der Waals surface area contributed by atoms with Crippen molar-refractivity contribution in [1.29, 1.82) is 0 Å². The fourth-order valence-electron chi connectivity index (χ4n) is 1.91. The Kier molecular flexibility index (Phi) is 2.98. The molecule has 0 radical (unpaired) electrons. The summed E-state index contributed by atoms with van der Waals surface area (Å²) in [7, 11) is 0. The predicted octanol–water partition coefficient (Wildman–Crippen LogP) is 2.23. The van der Waals surface area contributed by atoms with Crippen molar-refractivity contribution in [3.63, 3.8) is 0 Å². The van der Waals surface area contributed by atoms with Gasteiger partial charge in [0.25, 0.3) is 0 Å². The van der Waals surface area contributed by atoms with Crippen molar-refractivity contribution in [2.45, 2.75) is 6.42 Å². The van der Waals surface area contributed by atoms with Crippen LogP contribution in [-0.2, 0) is 11.2 Å². The smallest absolute Gasteiger partial charge is 0.335 e. The lowest BCUT2D eigenvalue weighted by Gasteiger charge is -2.05. The molecule has 0 saturated carbocycles. The minimum absolute atomic E-state index is 0.243. The van der Waals surface area contributed by atoms with Crippen LogP contribution in [0.15, 0.2) is 60.9 Å². The summed E-state index contributed by atoms with van der Waals surface area (Å²) in [5.41, 5.74) is 2.51. The molecule has 94 valence electrons. The molecular formula is C15H12N2O2. The van der Waals surface area contributed by atoms with Gasteiger partial charge < -0.3 is 4.84 Å². The Morgan fingerprint density at radius 3 is 2.63 bits per heavy atom. The van der Waals surface area contributed by atoms with E-state index in [4.69, 9.17) is 4.84 Å². The number of carbonyl (C=O) groups excluding carboxylic acids is 1. The lowest BCUT2D eigenvalue weighted by atomic mass is 10.2. The Morgan fingerprint density at radius 1 is 1.05 bits per heavy atom. The second-order valence-electron chi connectivity index (χ2n) is 4.18. The number of aromatic nitrogens is 2. The van der Waals surface area contributed by atoms with Gasteiger partial charge in [0.15, 0.2) is 0 Å². The SMILES string of the molecule is O=C(Cc1ccccc1)On1cnc2ccccc21. The number of imidazole rings is 1. The first kappa shape index (κ1) is 11.5. The summed E-state index contributed by atoms with van der Waals surface area (Å²) in [6, 6.07) is 17.0. The first-order valence-electron chi connectivity index (χ1n) is 6.00. The van der Waals surface area contributed by atoms with Crippen molar-refractivity contribution >= 4 is 17.0 Å². The van der Waals surface area contributed by atoms with Gasteiger partial charge in [0, 0.05) is 0 Å². The first-order chi connectivity index (χ1) is 9.33. The summed E-state index contributed by atoms with van der Waals surface area (Å²) in [4.78, 5) is 21.3. The van der Waals surface area contributed by atoms with E-state index in [1.54, 1.807) is 0 Å². The summed E-state index contributed by atoms with van der Waals surface area (Å²) in [5.74, 6) is -0.311. The molecular weight excluding hydrogens is 240 g/mol. The number of rotatable bonds is 3. The number of fused-ring (bicyclic) bond motifs is 1. The average molecular weight is 252 g/mol. The maximum Gasteiger partial charge on any atom is 0.337 e. The number of carbonyl (C=O) groups is 1. The van der Waals surface area contributed by atoms with Gasteiger partial charge in [-0.05, 0) is 17.7 Å². The highest BCUT2D eigenvalue weighted by Gasteiger charge is 2.08. The van der Waals surface area contributed by atoms with Crippen LogP contribution in [0.1, 0.15) is 5.56 Å². The molecule has 0 fully saturated rings. The van der Waals surface area contributed by atoms with Crippen LogP contribution in [0.3, 0.4) is 0 Å². The standard InChI is InChI=1S/C15H12N2O2/c18-15(10-12-6-2-1-3-7-12)19-17-11-16-13-8-4-5-9-14(13)17/h1-9,11H,10H2. The Balaban J connectivity index is 1.76. The van der Waals surface area contributed by atoms with E-state index in [9.17, 15) is 4.79 Å². The molecule has 0 atom stereocenters. The Bertz CT molecular complexity index is 704. The van der Waals surface area contributed by atoms with Crippen molar-refractivity contribution in [2.24, 2.45) is 0 Å². The lowest BCUT2D eigenvalue weighted by Crippen LogP contribution is -2.20. The fourth-order valence-corrected chi connectivity index (χ4v) is 1.91. The highest BCUT2D eigenvalue weighted by atomic mass is 16.7. The molecule has 4 nitrogen and oxygen atoms in total. The molecule has 0 amide bonds. The second-order valence-corrected chi connectivity index (χ2v) is 4.18. The number of nitrogens with zero attached hydrogens (tertiary/aromatic N) is 2. The number of para-hydroxylation sites is 2. The summed E-state index contributed by atoms with van der Waals surface area (Å²) in [6.45, 7) is 0. The molecule has 0 aliphatic heterocycles. The van der Waals surface area contributed by atoms with E-state index in [1.165, 1.54) is 11.1 Å². The Hall–Kier alpha value is -2.62. The van der Waals surface area contributed by atoms with Gasteiger partial charge in [0.2, 0.25) is 0 Å². The number of benzene rings is 2. The molecule has 3 rings (SSSR count). The minimum atomic E-state index is -0.311. The highest BCUT2D eigenvalue weighted by Crippen LogP contribution is 2.10. The van der Waals surface area contributed by atoms with Crippen molar-refractivity contribution < 1.29 is 9.63 Å². The topological polar surface area (TPSA) is 44.1 Å². The van der Waals surface area contributed by atoms with Gasteiger partial charge in [-0.25, -0.2) is 9.78 Å². The number of hydrogen-bond donors (Lipinski definition) is 0. The van der Waals surface area contributed by atoms with Gasteiger partial charge in [0.05, 0.1) is 11.9 Å². The van der Waals surface area contributed by atoms with E-state index >= 15 is 0 Å². The third-order valence-electron chi connectivity index (χ3n) is 2.81. The molecule has 3 aromatic rings. The minimum Gasteiger partial charge on any atom is -0.335 e. The molecule has 0 aliphatic carbocycles. The van der Waals surface area contributed by atoms with Crippen LogP contribution >= 0.6 is 0 Å². The Morgan fingerprint density at radius 2 is 1.79 bits per heavy atom. The van der Waals surface area contributed by atoms with Crippen LogP contribution in [0.4, 0.5) is 0 Å². The molecule has 0 aliphatic rings. The summed E-state index contributed by atoms with van der Waals surface area (Å²) in [6.07, 6.45) is 1.75. The highest BCUT2D eigenvalue weighted by molar-refractivity contribution is 5.77. The molecule has 0 unspecified atom stereocenters.